The average molecular weight is 344 g/mol. The van der Waals surface area contributed by atoms with E-state index in [0.717, 1.165) is 37.5 Å². The number of hydrogen-bond donors (Lipinski definition) is 0. The van der Waals surface area contributed by atoms with Crippen molar-refractivity contribution in [3.05, 3.63) is 34.2 Å². The van der Waals surface area contributed by atoms with Crippen LogP contribution in [-0.2, 0) is 5.33 Å². The van der Waals surface area contributed by atoms with E-state index in [1.807, 2.05) is 19.1 Å². The Hall–Kier alpha value is -0.740. The molecule has 0 unspecified atom stereocenters. The lowest BCUT2D eigenvalue weighted by molar-refractivity contribution is 0.577. The predicted molar refractivity (Wildman–Crippen MR) is 71.1 cm³/mol. The van der Waals surface area contributed by atoms with E-state index in [0.29, 0.717) is 0 Å². The van der Waals surface area contributed by atoms with Crippen molar-refractivity contribution in [3.8, 4) is 0 Å². The SMILES string of the molecule is Cc1oc2c(cc(Br)c3occc32)c1CBr. The molecule has 0 fully saturated rings. The molecule has 0 aliphatic heterocycles. The van der Waals surface area contributed by atoms with Crippen molar-refractivity contribution >= 4 is 53.8 Å². The van der Waals surface area contributed by atoms with Crippen LogP contribution in [0.5, 0.6) is 0 Å². The first-order valence-electron chi connectivity index (χ1n) is 4.86. The highest BCUT2D eigenvalue weighted by Gasteiger charge is 2.16. The molecule has 0 spiro atoms. The number of rotatable bonds is 1. The summed E-state index contributed by atoms with van der Waals surface area (Å²) in [6.07, 6.45) is 1.68. The van der Waals surface area contributed by atoms with Crippen LogP contribution in [-0.4, -0.2) is 0 Å². The Morgan fingerprint density at radius 1 is 1.25 bits per heavy atom. The van der Waals surface area contributed by atoms with Gasteiger partial charge in [0.15, 0.2) is 5.58 Å². The first-order chi connectivity index (χ1) is 7.72. The van der Waals surface area contributed by atoms with Crippen molar-refractivity contribution in [1.29, 1.82) is 0 Å². The Kier molecular flexibility index (Phi) is 2.37. The summed E-state index contributed by atoms with van der Waals surface area (Å²) in [5, 5.41) is 2.94. The summed E-state index contributed by atoms with van der Waals surface area (Å²) in [5.41, 5.74) is 2.93. The first-order valence-corrected chi connectivity index (χ1v) is 6.77. The second kappa shape index (κ2) is 3.64. The molecule has 2 heterocycles. The van der Waals surface area contributed by atoms with Gasteiger partial charge in [-0.25, -0.2) is 0 Å². The summed E-state index contributed by atoms with van der Waals surface area (Å²) in [5.74, 6) is 0.951. The minimum absolute atomic E-state index is 0.793. The Labute approximate surface area is 109 Å². The molecule has 3 rings (SSSR count). The van der Waals surface area contributed by atoms with Crippen LogP contribution in [0.3, 0.4) is 0 Å². The highest BCUT2D eigenvalue weighted by Crippen LogP contribution is 2.37. The molecule has 0 atom stereocenters. The third-order valence-corrected chi connectivity index (χ3v) is 3.93. The molecule has 1 aromatic carbocycles. The van der Waals surface area contributed by atoms with Crippen LogP contribution < -0.4 is 0 Å². The van der Waals surface area contributed by atoms with E-state index in [9.17, 15) is 0 Å². The number of hydrogen-bond acceptors (Lipinski definition) is 2. The monoisotopic (exact) mass is 342 g/mol. The van der Waals surface area contributed by atoms with Gasteiger partial charge in [0.2, 0.25) is 0 Å². The Morgan fingerprint density at radius 2 is 2.06 bits per heavy atom. The van der Waals surface area contributed by atoms with Gasteiger partial charge in [0, 0.05) is 16.3 Å². The second-order valence-corrected chi connectivity index (χ2v) is 5.08. The summed E-state index contributed by atoms with van der Waals surface area (Å²) in [7, 11) is 0. The molecular formula is C12H8Br2O2. The van der Waals surface area contributed by atoms with Crippen LogP contribution in [0.15, 0.2) is 31.7 Å². The summed E-state index contributed by atoms with van der Waals surface area (Å²) in [6.45, 7) is 1.98. The highest BCUT2D eigenvalue weighted by molar-refractivity contribution is 9.10. The number of halogens is 2. The molecule has 82 valence electrons. The quantitative estimate of drug-likeness (QED) is 0.571. The summed E-state index contributed by atoms with van der Waals surface area (Å²) in [4.78, 5) is 0. The van der Waals surface area contributed by atoms with Gasteiger partial charge in [-0.1, -0.05) is 15.9 Å². The Balaban J connectivity index is 2.57. The van der Waals surface area contributed by atoms with E-state index >= 15 is 0 Å². The number of furan rings is 2. The fourth-order valence-electron chi connectivity index (χ4n) is 1.98. The molecule has 0 amide bonds. The fourth-order valence-corrected chi connectivity index (χ4v) is 3.21. The van der Waals surface area contributed by atoms with Crippen molar-refractivity contribution in [2.45, 2.75) is 12.3 Å². The van der Waals surface area contributed by atoms with Gasteiger partial charge < -0.3 is 8.83 Å². The average Bonchev–Trinajstić information content (AvgIpc) is 2.82. The molecule has 0 saturated carbocycles. The topological polar surface area (TPSA) is 26.3 Å². The minimum Gasteiger partial charge on any atom is -0.463 e. The summed E-state index contributed by atoms with van der Waals surface area (Å²) in [6, 6.07) is 3.98. The van der Waals surface area contributed by atoms with Gasteiger partial charge in [-0.05, 0) is 35.0 Å². The lowest BCUT2D eigenvalue weighted by Gasteiger charge is -1.96. The standard InChI is InChI=1S/C12H8Br2O2/c1-6-9(5-13)8-4-10(14)12-7(2-3-15-12)11(8)16-6/h2-4H,5H2,1H3. The van der Waals surface area contributed by atoms with E-state index in [1.54, 1.807) is 6.26 Å². The van der Waals surface area contributed by atoms with Crippen LogP contribution in [0.4, 0.5) is 0 Å². The molecule has 16 heavy (non-hydrogen) atoms. The molecule has 2 nitrogen and oxygen atoms in total. The zero-order valence-electron chi connectivity index (χ0n) is 8.51. The molecular weight excluding hydrogens is 336 g/mol. The van der Waals surface area contributed by atoms with Gasteiger partial charge in [-0.3, -0.25) is 0 Å². The highest BCUT2D eigenvalue weighted by atomic mass is 79.9. The zero-order valence-corrected chi connectivity index (χ0v) is 11.7. The van der Waals surface area contributed by atoms with Gasteiger partial charge in [-0.2, -0.15) is 0 Å². The lowest BCUT2D eigenvalue weighted by atomic mass is 10.1. The van der Waals surface area contributed by atoms with Crippen LogP contribution in [0.2, 0.25) is 0 Å². The molecule has 0 aliphatic carbocycles. The van der Waals surface area contributed by atoms with Crippen LogP contribution in [0, 0.1) is 6.92 Å². The maximum absolute atomic E-state index is 5.81. The van der Waals surface area contributed by atoms with Gasteiger partial charge in [-0.15, -0.1) is 0 Å². The van der Waals surface area contributed by atoms with E-state index in [2.05, 4.69) is 31.9 Å². The summed E-state index contributed by atoms with van der Waals surface area (Å²) < 4.78 is 12.2. The largest absolute Gasteiger partial charge is 0.463 e. The molecule has 0 bridgehead atoms. The number of aryl methyl sites for hydroxylation is 1. The molecule has 0 saturated heterocycles. The van der Waals surface area contributed by atoms with Crippen molar-refractivity contribution < 1.29 is 8.83 Å². The first kappa shape index (κ1) is 10.4. The minimum atomic E-state index is 0.793. The number of benzene rings is 1. The van der Waals surface area contributed by atoms with Crippen molar-refractivity contribution in [2.24, 2.45) is 0 Å². The van der Waals surface area contributed by atoms with Crippen molar-refractivity contribution in [3.63, 3.8) is 0 Å². The van der Waals surface area contributed by atoms with Crippen molar-refractivity contribution in [1.82, 2.24) is 0 Å². The molecule has 2 aromatic heterocycles. The lowest BCUT2D eigenvalue weighted by Crippen LogP contribution is -1.77. The Bertz CT molecular complexity index is 679. The van der Waals surface area contributed by atoms with E-state index in [4.69, 9.17) is 8.83 Å². The molecule has 4 heteroatoms. The number of alkyl halides is 1. The second-order valence-electron chi connectivity index (χ2n) is 3.67. The maximum atomic E-state index is 5.81. The number of fused-ring (bicyclic) bond motifs is 3. The third-order valence-electron chi connectivity index (χ3n) is 2.78. The van der Waals surface area contributed by atoms with Crippen LogP contribution in [0.25, 0.3) is 21.9 Å². The van der Waals surface area contributed by atoms with Gasteiger partial charge >= 0.3 is 0 Å². The van der Waals surface area contributed by atoms with Gasteiger partial charge in [0.05, 0.1) is 16.1 Å². The van der Waals surface area contributed by atoms with E-state index in [-0.39, 0.29) is 0 Å². The maximum Gasteiger partial charge on any atom is 0.151 e. The van der Waals surface area contributed by atoms with Gasteiger partial charge in [0.1, 0.15) is 11.3 Å². The Morgan fingerprint density at radius 3 is 2.81 bits per heavy atom. The molecule has 0 N–H and O–H groups in total. The van der Waals surface area contributed by atoms with Crippen molar-refractivity contribution in [2.75, 3.05) is 0 Å². The predicted octanol–water partition coefficient (Wildman–Crippen LogP) is 5.14. The van der Waals surface area contributed by atoms with Crippen LogP contribution in [0.1, 0.15) is 11.3 Å². The van der Waals surface area contributed by atoms with Crippen LogP contribution >= 0.6 is 31.9 Å². The normalized spacial score (nSPS) is 11.7. The molecule has 3 aromatic rings. The molecule has 0 radical (unpaired) electrons. The third kappa shape index (κ3) is 1.29. The fraction of sp³-hybridized carbons (Fsp3) is 0.167. The zero-order chi connectivity index (χ0) is 11.3. The van der Waals surface area contributed by atoms with Gasteiger partial charge in [0.25, 0.3) is 0 Å². The molecule has 0 aliphatic rings. The smallest absolute Gasteiger partial charge is 0.151 e. The van der Waals surface area contributed by atoms with E-state index < -0.39 is 0 Å². The van der Waals surface area contributed by atoms with E-state index in [1.165, 1.54) is 5.56 Å². The summed E-state index contributed by atoms with van der Waals surface area (Å²) >= 11 is 7.01.